The second-order valence-electron chi connectivity index (χ2n) is 5.53. The van der Waals surface area contributed by atoms with Gasteiger partial charge >= 0.3 is 0 Å². The van der Waals surface area contributed by atoms with E-state index >= 15 is 0 Å². The fourth-order valence-electron chi connectivity index (χ4n) is 3.25. The third-order valence-electron chi connectivity index (χ3n) is 3.93. The SMILES string of the molecule is CC(C)N=C(N)N1CCCC1C1CCCC1. The van der Waals surface area contributed by atoms with Crippen LogP contribution >= 0.6 is 0 Å². The maximum absolute atomic E-state index is 6.11. The molecule has 16 heavy (non-hydrogen) atoms. The van der Waals surface area contributed by atoms with Gasteiger partial charge in [0.05, 0.1) is 0 Å². The van der Waals surface area contributed by atoms with Crippen LogP contribution in [0.15, 0.2) is 4.99 Å². The lowest BCUT2D eigenvalue weighted by Gasteiger charge is -2.30. The topological polar surface area (TPSA) is 41.6 Å². The molecule has 1 atom stereocenters. The molecule has 2 fully saturated rings. The van der Waals surface area contributed by atoms with Crippen molar-refractivity contribution < 1.29 is 0 Å². The van der Waals surface area contributed by atoms with Crippen molar-refractivity contribution in [2.75, 3.05) is 6.54 Å². The van der Waals surface area contributed by atoms with Crippen LogP contribution in [0, 0.1) is 5.92 Å². The molecule has 1 saturated heterocycles. The van der Waals surface area contributed by atoms with Crippen LogP contribution in [-0.2, 0) is 0 Å². The van der Waals surface area contributed by atoms with Crippen LogP contribution in [0.3, 0.4) is 0 Å². The van der Waals surface area contributed by atoms with Gasteiger partial charge in [-0.2, -0.15) is 0 Å². The van der Waals surface area contributed by atoms with Gasteiger partial charge in [-0.1, -0.05) is 12.8 Å². The summed E-state index contributed by atoms with van der Waals surface area (Å²) in [4.78, 5) is 6.87. The summed E-state index contributed by atoms with van der Waals surface area (Å²) in [6.45, 7) is 5.30. The van der Waals surface area contributed by atoms with E-state index in [0.29, 0.717) is 12.1 Å². The van der Waals surface area contributed by atoms with E-state index in [-0.39, 0.29) is 0 Å². The molecule has 2 aliphatic rings. The van der Waals surface area contributed by atoms with Gasteiger partial charge in [-0.05, 0) is 45.4 Å². The zero-order valence-corrected chi connectivity index (χ0v) is 10.7. The molecule has 0 amide bonds. The maximum atomic E-state index is 6.11. The van der Waals surface area contributed by atoms with Crippen molar-refractivity contribution in [2.45, 2.75) is 64.5 Å². The minimum Gasteiger partial charge on any atom is -0.370 e. The first-order valence-corrected chi connectivity index (χ1v) is 6.78. The Bertz CT molecular complexity index is 254. The molecular formula is C13H25N3. The number of nitrogens with zero attached hydrogens (tertiary/aromatic N) is 2. The summed E-state index contributed by atoms with van der Waals surface area (Å²) >= 11 is 0. The molecule has 92 valence electrons. The summed E-state index contributed by atoms with van der Waals surface area (Å²) in [5.41, 5.74) is 6.11. The summed E-state index contributed by atoms with van der Waals surface area (Å²) in [6, 6.07) is 0.995. The number of aliphatic imine (C=N–C) groups is 1. The van der Waals surface area contributed by atoms with Crippen LogP contribution in [0.25, 0.3) is 0 Å². The highest BCUT2D eigenvalue weighted by Crippen LogP contribution is 2.35. The smallest absolute Gasteiger partial charge is 0.191 e. The van der Waals surface area contributed by atoms with Crippen LogP contribution in [0.5, 0.6) is 0 Å². The lowest BCUT2D eigenvalue weighted by Crippen LogP contribution is -2.44. The molecule has 1 aliphatic heterocycles. The van der Waals surface area contributed by atoms with Gasteiger partial charge in [0.15, 0.2) is 5.96 Å². The Morgan fingerprint density at radius 2 is 1.88 bits per heavy atom. The Labute approximate surface area is 99.1 Å². The van der Waals surface area contributed by atoms with E-state index in [4.69, 9.17) is 5.73 Å². The first-order chi connectivity index (χ1) is 7.68. The summed E-state index contributed by atoms with van der Waals surface area (Å²) in [7, 11) is 0. The van der Waals surface area contributed by atoms with Crippen molar-refractivity contribution in [3.8, 4) is 0 Å². The average molecular weight is 223 g/mol. The third kappa shape index (κ3) is 2.50. The summed E-state index contributed by atoms with van der Waals surface area (Å²) in [5.74, 6) is 1.66. The zero-order chi connectivity index (χ0) is 11.5. The summed E-state index contributed by atoms with van der Waals surface area (Å²) < 4.78 is 0. The summed E-state index contributed by atoms with van der Waals surface area (Å²) in [5, 5.41) is 0. The van der Waals surface area contributed by atoms with Crippen molar-refractivity contribution in [3.63, 3.8) is 0 Å². The standard InChI is InChI=1S/C13H25N3/c1-10(2)15-13(14)16-9-5-8-12(16)11-6-3-4-7-11/h10-12H,3-9H2,1-2H3,(H2,14,15). The van der Waals surface area contributed by atoms with E-state index in [1.54, 1.807) is 0 Å². The summed E-state index contributed by atoms with van der Waals surface area (Å²) in [6.07, 6.45) is 8.23. The molecule has 1 unspecified atom stereocenters. The second kappa shape index (κ2) is 5.07. The molecule has 0 radical (unpaired) electrons. The number of nitrogens with two attached hydrogens (primary N) is 1. The van der Waals surface area contributed by atoms with Crippen LogP contribution in [-0.4, -0.2) is 29.5 Å². The molecule has 3 nitrogen and oxygen atoms in total. The van der Waals surface area contributed by atoms with E-state index in [1.807, 2.05) is 0 Å². The Hall–Kier alpha value is -0.730. The van der Waals surface area contributed by atoms with Crippen LogP contribution in [0.4, 0.5) is 0 Å². The monoisotopic (exact) mass is 223 g/mol. The Morgan fingerprint density at radius 3 is 2.50 bits per heavy atom. The normalized spacial score (nSPS) is 28.3. The molecular weight excluding hydrogens is 198 g/mol. The van der Waals surface area contributed by atoms with Crippen molar-refractivity contribution >= 4 is 5.96 Å². The predicted octanol–water partition coefficient (Wildman–Crippen LogP) is 2.36. The minimum absolute atomic E-state index is 0.310. The highest BCUT2D eigenvalue weighted by Gasteiger charge is 2.34. The molecule has 0 spiro atoms. The molecule has 2 N–H and O–H groups in total. The zero-order valence-electron chi connectivity index (χ0n) is 10.7. The molecule has 3 heteroatoms. The lowest BCUT2D eigenvalue weighted by molar-refractivity contribution is 0.277. The van der Waals surface area contributed by atoms with Gasteiger partial charge in [-0.15, -0.1) is 0 Å². The fourth-order valence-corrected chi connectivity index (χ4v) is 3.25. The molecule has 0 aromatic rings. The van der Waals surface area contributed by atoms with Gasteiger partial charge in [-0.25, -0.2) is 0 Å². The average Bonchev–Trinajstić information content (AvgIpc) is 2.87. The van der Waals surface area contributed by atoms with Crippen LogP contribution < -0.4 is 5.73 Å². The Balaban J connectivity index is 2.02. The lowest BCUT2D eigenvalue weighted by atomic mass is 9.96. The van der Waals surface area contributed by atoms with E-state index < -0.39 is 0 Å². The molecule has 1 saturated carbocycles. The molecule has 1 aliphatic carbocycles. The van der Waals surface area contributed by atoms with E-state index in [1.165, 1.54) is 38.5 Å². The van der Waals surface area contributed by atoms with Gasteiger partial charge in [0, 0.05) is 18.6 Å². The van der Waals surface area contributed by atoms with Gasteiger partial charge in [0.1, 0.15) is 0 Å². The molecule has 0 bridgehead atoms. The molecule has 0 aromatic heterocycles. The largest absolute Gasteiger partial charge is 0.370 e. The molecule has 2 rings (SSSR count). The number of guanidine groups is 1. The van der Waals surface area contributed by atoms with E-state index in [9.17, 15) is 0 Å². The van der Waals surface area contributed by atoms with E-state index in [0.717, 1.165) is 18.4 Å². The van der Waals surface area contributed by atoms with E-state index in [2.05, 4.69) is 23.7 Å². The minimum atomic E-state index is 0.310. The van der Waals surface area contributed by atoms with Crippen molar-refractivity contribution in [3.05, 3.63) is 0 Å². The van der Waals surface area contributed by atoms with Crippen LogP contribution in [0.2, 0.25) is 0 Å². The highest BCUT2D eigenvalue weighted by atomic mass is 15.3. The predicted molar refractivity (Wildman–Crippen MR) is 68.4 cm³/mol. The van der Waals surface area contributed by atoms with Crippen molar-refractivity contribution in [2.24, 2.45) is 16.6 Å². The van der Waals surface area contributed by atoms with Gasteiger partial charge in [-0.3, -0.25) is 4.99 Å². The first-order valence-electron chi connectivity index (χ1n) is 6.78. The number of likely N-dealkylation sites (tertiary alicyclic amines) is 1. The molecule has 0 aromatic carbocycles. The Kier molecular flexibility index (Phi) is 3.72. The van der Waals surface area contributed by atoms with Gasteiger partial charge in [0.2, 0.25) is 0 Å². The first kappa shape index (κ1) is 11.7. The van der Waals surface area contributed by atoms with Gasteiger partial charge in [0.25, 0.3) is 0 Å². The van der Waals surface area contributed by atoms with Crippen molar-refractivity contribution in [1.82, 2.24) is 4.90 Å². The van der Waals surface area contributed by atoms with Gasteiger partial charge < -0.3 is 10.6 Å². The van der Waals surface area contributed by atoms with Crippen LogP contribution in [0.1, 0.15) is 52.4 Å². The Morgan fingerprint density at radius 1 is 1.19 bits per heavy atom. The number of hydrogen-bond acceptors (Lipinski definition) is 1. The highest BCUT2D eigenvalue weighted by molar-refractivity contribution is 5.78. The maximum Gasteiger partial charge on any atom is 0.191 e. The third-order valence-corrected chi connectivity index (χ3v) is 3.93. The fraction of sp³-hybridized carbons (Fsp3) is 0.923. The quantitative estimate of drug-likeness (QED) is 0.577. The second-order valence-corrected chi connectivity index (χ2v) is 5.53. The number of rotatable bonds is 2. The van der Waals surface area contributed by atoms with Crippen molar-refractivity contribution in [1.29, 1.82) is 0 Å². The molecule has 1 heterocycles. The number of hydrogen-bond donors (Lipinski definition) is 1.